The second-order valence-corrected chi connectivity index (χ2v) is 7.64. The summed E-state index contributed by atoms with van der Waals surface area (Å²) in [5.74, 6) is -0.833. The van der Waals surface area contributed by atoms with Crippen molar-refractivity contribution in [1.29, 1.82) is 0 Å². The van der Waals surface area contributed by atoms with Crippen molar-refractivity contribution in [2.24, 2.45) is 5.73 Å². The molecule has 4 nitrogen and oxygen atoms in total. The molecule has 4 heteroatoms. The number of unbranched alkanes of at least 4 members (excludes halogenated alkanes) is 12. The van der Waals surface area contributed by atoms with E-state index in [9.17, 15) is 0 Å². The van der Waals surface area contributed by atoms with Crippen LogP contribution in [0.3, 0.4) is 0 Å². The van der Waals surface area contributed by atoms with E-state index in [2.05, 4.69) is 31.3 Å². The molecule has 0 aromatic rings. The van der Waals surface area contributed by atoms with Gasteiger partial charge >= 0.3 is 0 Å². The fourth-order valence-corrected chi connectivity index (χ4v) is 2.83. The summed E-state index contributed by atoms with van der Waals surface area (Å²) in [6, 6.07) is 0.282. The van der Waals surface area contributed by atoms with Gasteiger partial charge in [0.25, 0.3) is 5.97 Å². The highest BCUT2D eigenvalue weighted by Crippen LogP contribution is 2.09. The molecule has 0 saturated carbocycles. The molecule has 4 N–H and O–H groups in total. The molecule has 162 valence electrons. The lowest BCUT2D eigenvalue weighted by molar-refractivity contribution is -0.134. The van der Waals surface area contributed by atoms with Crippen LogP contribution in [0.5, 0.6) is 0 Å². The minimum absolute atomic E-state index is 0.282. The number of rotatable bonds is 18. The van der Waals surface area contributed by atoms with Crippen LogP contribution in [0, 0.1) is 0 Å². The molecule has 1 unspecified atom stereocenters. The van der Waals surface area contributed by atoms with E-state index in [0.29, 0.717) is 0 Å². The van der Waals surface area contributed by atoms with Gasteiger partial charge in [0.2, 0.25) is 0 Å². The van der Waals surface area contributed by atoms with Gasteiger partial charge < -0.3 is 16.2 Å². The zero-order valence-electron chi connectivity index (χ0n) is 18.5. The maximum absolute atomic E-state index is 9.00. The van der Waals surface area contributed by atoms with Crippen LogP contribution in [0.15, 0.2) is 12.2 Å². The summed E-state index contributed by atoms with van der Waals surface area (Å²) in [6.45, 7) is 7.49. The molecule has 0 aromatic heterocycles. The predicted octanol–water partition coefficient (Wildman–Crippen LogP) is 6.05. The average molecular weight is 385 g/mol. The van der Waals surface area contributed by atoms with E-state index in [1.165, 1.54) is 89.9 Å². The Labute approximate surface area is 169 Å². The molecule has 0 heterocycles. The zero-order chi connectivity index (χ0) is 20.6. The van der Waals surface area contributed by atoms with Crippen LogP contribution >= 0.6 is 0 Å². The van der Waals surface area contributed by atoms with Crippen LogP contribution in [-0.2, 0) is 4.79 Å². The molecule has 0 amide bonds. The minimum atomic E-state index is -0.833. The van der Waals surface area contributed by atoms with Crippen LogP contribution in [0.2, 0.25) is 0 Å². The highest BCUT2D eigenvalue weighted by molar-refractivity contribution is 5.62. The Morgan fingerprint density at radius 3 is 1.74 bits per heavy atom. The lowest BCUT2D eigenvalue weighted by atomic mass is 10.1. The number of hydrogen-bond donors (Lipinski definition) is 3. The molecule has 0 fully saturated rings. The Morgan fingerprint density at radius 2 is 1.30 bits per heavy atom. The van der Waals surface area contributed by atoms with Crippen molar-refractivity contribution in [3.63, 3.8) is 0 Å². The van der Waals surface area contributed by atoms with Gasteiger partial charge in [0.05, 0.1) is 0 Å². The largest absolute Gasteiger partial charge is 0.481 e. The molecule has 0 rings (SSSR count). The molecule has 27 heavy (non-hydrogen) atoms. The maximum Gasteiger partial charge on any atom is 0.300 e. The molecule has 0 saturated heterocycles. The van der Waals surface area contributed by atoms with E-state index in [4.69, 9.17) is 15.6 Å². The van der Waals surface area contributed by atoms with Crippen molar-refractivity contribution in [1.82, 2.24) is 5.32 Å². The number of carbonyl (C=O) groups is 1. The number of nitrogens with two attached hydrogens (primary N) is 1. The SMILES string of the molecule is CC(=O)O.CCCCCCCCC=CCCCCCCCCNCC(C)N. The van der Waals surface area contributed by atoms with Crippen molar-refractivity contribution < 1.29 is 9.90 Å². The Kier molecular flexibility index (Phi) is 26.4. The fraction of sp³-hybridized carbons (Fsp3) is 0.870. The van der Waals surface area contributed by atoms with Crippen molar-refractivity contribution >= 4 is 5.97 Å². The third-order valence-corrected chi connectivity index (χ3v) is 4.33. The van der Waals surface area contributed by atoms with Gasteiger partial charge in [0, 0.05) is 19.5 Å². The van der Waals surface area contributed by atoms with E-state index < -0.39 is 5.97 Å². The van der Waals surface area contributed by atoms with Crippen LogP contribution in [0.1, 0.15) is 111 Å². The molecule has 0 aliphatic rings. The van der Waals surface area contributed by atoms with Gasteiger partial charge in [-0.25, -0.2) is 0 Å². The quantitative estimate of drug-likeness (QED) is 0.198. The summed E-state index contributed by atoms with van der Waals surface area (Å²) < 4.78 is 0. The number of aliphatic carboxylic acids is 1. The van der Waals surface area contributed by atoms with Gasteiger partial charge in [-0.1, -0.05) is 76.9 Å². The van der Waals surface area contributed by atoms with E-state index in [1.807, 2.05) is 0 Å². The number of allylic oxidation sites excluding steroid dienone is 2. The number of hydrogen-bond acceptors (Lipinski definition) is 3. The van der Waals surface area contributed by atoms with Crippen molar-refractivity contribution in [3.8, 4) is 0 Å². The van der Waals surface area contributed by atoms with Crippen LogP contribution in [0.25, 0.3) is 0 Å². The van der Waals surface area contributed by atoms with Crippen LogP contribution in [-0.4, -0.2) is 30.2 Å². The monoisotopic (exact) mass is 384 g/mol. The topological polar surface area (TPSA) is 75.3 Å². The van der Waals surface area contributed by atoms with Crippen molar-refractivity contribution in [3.05, 3.63) is 12.2 Å². The maximum atomic E-state index is 9.00. The Hall–Kier alpha value is -0.870. The van der Waals surface area contributed by atoms with Crippen LogP contribution in [0.4, 0.5) is 0 Å². The van der Waals surface area contributed by atoms with Gasteiger partial charge in [-0.2, -0.15) is 0 Å². The number of nitrogens with one attached hydrogen (secondary N) is 1. The molecule has 0 aliphatic carbocycles. The Bertz CT molecular complexity index is 314. The smallest absolute Gasteiger partial charge is 0.300 e. The lowest BCUT2D eigenvalue weighted by Gasteiger charge is -2.06. The van der Waals surface area contributed by atoms with Gasteiger partial charge in [-0.3, -0.25) is 4.79 Å². The van der Waals surface area contributed by atoms with Crippen molar-refractivity contribution in [2.45, 2.75) is 117 Å². The summed E-state index contributed by atoms with van der Waals surface area (Å²) in [6.07, 6.45) is 24.0. The first-order chi connectivity index (χ1) is 13.0. The Morgan fingerprint density at radius 1 is 0.889 bits per heavy atom. The van der Waals surface area contributed by atoms with E-state index in [1.54, 1.807) is 0 Å². The molecule has 0 bridgehead atoms. The summed E-state index contributed by atoms with van der Waals surface area (Å²) in [7, 11) is 0. The summed E-state index contributed by atoms with van der Waals surface area (Å²) >= 11 is 0. The third kappa shape index (κ3) is 36.7. The molecule has 0 aliphatic heterocycles. The predicted molar refractivity (Wildman–Crippen MR) is 119 cm³/mol. The molecule has 0 spiro atoms. The average Bonchev–Trinajstić information content (AvgIpc) is 2.60. The normalized spacial score (nSPS) is 12.0. The summed E-state index contributed by atoms with van der Waals surface area (Å²) in [5.41, 5.74) is 5.70. The lowest BCUT2D eigenvalue weighted by Crippen LogP contribution is -2.31. The highest BCUT2D eigenvalue weighted by Gasteiger charge is 1.94. The van der Waals surface area contributed by atoms with Crippen LogP contribution < -0.4 is 11.1 Å². The highest BCUT2D eigenvalue weighted by atomic mass is 16.4. The number of carboxylic acid groups (broad SMARTS) is 1. The minimum Gasteiger partial charge on any atom is -0.481 e. The van der Waals surface area contributed by atoms with Crippen molar-refractivity contribution in [2.75, 3.05) is 13.1 Å². The zero-order valence-corrected chi connectivity index (χ0v) is 18.5. The molecule has 0 aromatic carbocycles. The van der Waals surface area contributed by atoms with E-state index in [0.717, 1.165) is 20.0 Å². The standard InChI is InChI=1S/C21H44N2.C2H4O2/c1-3-4-5-6-7-8-9-10-11-12-13-14-15-16-17-18-19-23-20-21(2)22;1-2(3)4/h10-11,21,23H,3-9,12-20,22H2,1-2H3;1H3,(H,3,4). The first-order valence-electron chi connectivity index (χ1n) is 11.3. The second kappa shape index (κ2) is 25.1. The summed E-state index contributed by atoms with van der Waals surface area (Å²) in [5, 5.41) is 10.8. The molecule has 1 atom stereocenters. The molecular weight excluding hydrogens is 336 g/mol. The first-order valence-corrected chi connectivity index (χ1v) is 11.3. The number of carboxylic acids is 1. The van der Waals surface area contributed by atoms with Gasteiger partial charge in [-0.05, 0) is 45.6 Å². The molecular formula is C23H48N2O2. The van der Waals surface area contributed by atoms with E-state index >= 15 is 0 Å². The van der Waals surface area contributed by atoms with Gasteiger partial charge in [0.1, 0.15) is 0 Å². The van der Waals surface area contributed by atoms with E-state index in [-0.39, 0.29) is 6.04 Å². The second-order valence-electron chi connectivity index (χ2n) is 7.64. The first kappa shape index (κ1) is 28.3. The molecule has 0 radical (unpaired) electrons. The van der Waals surface area contributed by atoms with Gasteiger partial charge in [0.15, 0.2) is 0 Å². The third-order valence-electron chi connectivity index (χ3n) is 4.33. The summed E-state index contributed by atoms with van der Waals surface area (Å²) in [4.78, 5) is 9.00. The fourth-order valence-electron chi connectivity index (χ4n) is 2.83. The Balaban J connectivity index is 0. The van der Waals surface area contributed by atoms with Gasteiger partial charge in [-0.15, -0.1) is 0 Å².